The number of rotatable bonds is 7. The third-order valence-electron chi connectivity index (χ3n) is 4.41. The van der Waals surface area contributed by atoms with Gasteiger partial charge in [0.25, 0.3) is 5.69 Å². The van der Waals surface area contributed by atoms with E-state index in [0.29, 0.717) is 39.6 Å². The van der Waals surface area contributed by atoms with E-state index in [0.717, 1.165) is 11.1 Å². The summed E-state index contributed by atoms with van der Waals surface area (Å²) in [5, 5.41) is 14.8. The SMILES string of the molecule is O=[N+]([O-])c1ccc(NC[CH]c2ccc(-c3ncc[nH]3)c(-c3ccc(Cl)cc3Cl)n2)nc1. The van der Waals surface area contributed by atoms with Gasteiger partial charge in [-0.05, 0) is 36.4 Å². The first-order chi connectivity index (χ1) is 15.0. The molecule has 10 heteroatoms. The van der Waals surface area contributed by atoms with Crippen molar-refractivity contribution in [3.63, 3.8) is 0 Å². The molecule has 2 N–H and O–H groups in total. The Morgan fingerprint density at radius 1 is 1.10 bits per heavy atom. The second-order valence-corrected chi connectivity index (χ2v) is 7.28. The number of nitrogens with zero attached hydrogens (tertiary/aromatic N) is 4. The fourth-order valence-electron chi connectivity index (χ4n) is 2.94. The summed E-state index contributed by atoms with van der Waals surface area (Å²) < 4.78 is 0. The maximum atomic E-state index is 10.7. The highest BCUT2D eigenvalue weighted by Crippen LogP contribution is 2.35. The first-order valence-electron chi connectivity index (χ1n) is 9.15. The second-order valence-electron chi connectivity index (χ2n) is 6.44. The molecular weight excluding hydrogens is 439 g/mol. The van der Waals surface area contributed by atoms with Crippen molar-refractivity contribution >= 4 is 34.7 Å². The zero-order valence-electron chi connectivity index (χ0n) is 15.9. The van der Waals surface area contributed by atoms with E-state index < -0.39 is 4.92 Å². The van der Waals surface area contributed by atoms with E-state index in [9.17, 15) is 10.1 Å². The predicted octanol–water partition coefficient (Wildman–Crippen LogP) is 5.41. The van der Waals surface area contributed by atoms with Crippen LogP contribution in [0.25, 0.3) is 22.6 Å². The summed E-state index contributed by atoms with van der Waals surface area (Å²) in [4.78, 5) is 26.4. The largest absolute Gasteiger partial charge is 0.369 e. The lowest BCUT2D eigenvalue weighted by Crippen LogP contribution is -2.06. The van der Waals surface area contributed by atoms with E-state index in [-0.39, 0.29) is 5.69 Å². The minimum atomic E-state index is -0.489. The number of benzene rings is 1. The smallest absolute Gasteiger partial charge is 0.287 e. The Morgan fingerprint density at radius 3 is 2.61 bits per heavy atom. The second kappa shape index (κ2) is 9.11. The molecule has 8 nitrogen and oxygen atoms in total. The summed E-state index contributed by atoms with van der Waals surface area (Å²) >= 11 is 12.5. The molecule has 0 amide bonds. The van der Waals surface area contributed by atoms with Gasteiger partial charge >= 0.3 is 0 Å². The van der Waals surface area contributed by atoms with Gasteiger partial charge in [-0.3, -0.25) is 15.1 Å². The van der Waals surface area contributed by atoms with Crippen LogP contribution in [0.1, 0.15) is 5.69 Å². The number of H-pyrrole nitrogens is 1. The molecule has 0 fully saturated rings. The van der Waals surface area contributed by atoms with Crippen molar-refractivity contribution in [1.29, 1.82) is 0 Å². The molecule has 1 radical (unpaired) electrons. The molecule has 1 aromatic carbocycles. The topological polar surface area (TPSA) is 110 Å². The minimum Gasteiger partial charge on any atom is -0.369 e. The minimum absolute atomic E-state index is 0.0609. The number of nitro groups is 1. The van der Waals surface area contributed by atoms with Gasteiger partial charge in [-0.1, -0.05) is 23.2 Å². The van der Waals surface area contributed by atoms with Gasteiger partial charge in [0.1, 0.15) is 17.8 Å². The van der Waals surface area contributed by atoms with Gasteiger partial charge in [0.2, 0.25) is 0 Å². The number of nitrogens with one attached hydrogen (secondary N) is 2. The molecule has 31 heavy (non-hydrogen) atoms. The van der Waals surface area contributed by atoms with Crippen molar-refractivity contribution < 1.29 is 4.92 Å². The van der Waals surface area contributed by atoms with E-state index >= 15 is 0 Å². The molecular formula is C21H15Cl2N6O2. The molecule has 0 saturated carbocycles. The van der Waals surface area contributed by atoms with Crippen LogP contribution in [0.2, 0.25) is 10.0 Å². The molecule has 155 valence electrons. The lowest BCUT2D eigenvalue weighted by atomic mass is 10.0. The fraction of sp³-hybridized carbons (Fsp3) is 0.0476. The highest BCUT2D eigenvalue weighted by atomic mass is 35.5. The summed E-state index contributed by atoms with van der Waals surface area (Å²) in [6.45, 7) is 0.422. The summed E-state index contributed by atoms with van der Waals surface area (Å²) in [7, 11) is 0. The molecule has 0 bridgehead atoms. The average Bonchev–Trinajstić information content (AvgIpc) is 3.29. The van der Waals surface area contributed by atoms with Crippen LogP contribution in [0.15, 0.2) is 61.1 Å². The molecule has 0 unspecified atom stereocenters. The lowest BCUT2D eigenvalue weighted by Gasteiger charge is -2.12. The van der Waals surface area contributed by atoms with Crippen LogP contribution >= 0.6 is 23.2 Å². The Labute approximate surface area is 187 Å². The fourth-order valence-corrected chi connectivity index (χ4v) is 3.44. The normalized spacial score (nSPS) is 10.8. The van der Waals surface area contributed by atoms with Gasteiger partial charge in [-0.2, -0.15) is 0 Å². The maximum Gasteiger partial charge on any atom is 0.287 e. The zero-order chi connectivity index (χ0) is 21.8. The van der Waals surface area contributed by atoms with E-state index in [2.05, 4.69) is 20.3 Å². The average molecular weight is 454 g/mol. The number of hydrogen-bond donors (Lipinski definition) is 2. The van der Waals surface area contributed by atoms with Gasteiger partial charge < -0.3 is 10.3 Å². The molecule has 3 aromatic heterocycles. The monoisotopic (exact) mass is 453 g/mol. The van der Waals surface area contributed by atoms with Gasteiger partial charge in [-0.25, -0.2) is 9.97 Å². The number of pyridine rings is 2. The standard InChI is InChI=1S/C21H15Cl2N6O2/c22-13-1-4-16(18(23)11-13)20-17(21-25-9-10-26-21)5-2-14(28-20)7-8-24-19-6-3-15(12-27-19)29(30)31/h1-7,9-12H,8H2,(H,24,27)(H,25,26). The van der Waals surface area contributed by atoms with Crippen molar-refractivity contribution in [2.45, 2.75) is 0 Å². The third kappa shape index (κ3) is 4.82. The summed E-state index contributed by atoms with van der Waals surface area (Å²) in [5.74, 6) is 1.20. The lowest BCUT2D eigenvalue weighted by molar-refractivity contribution is -0.385. The number of hydrogen-bond acceptors (Lipinski definition) is 6. The number of aromatic nitrogens is 4. The highest BCUT2D eigenvalue weighted by Gasteiger charge is 2.15. The summed E-state index contributed by atoms with van der Waals surface area (Å²) in [5.41, 5.74) is 2.85. The van der Waals surface area contributed by atoms with Crippen LogP contribution in [-0.4, -0.2) is 31.4 Å². The maximum absolute atomic E-state index is 10.7. The van der Waals surface area contributed by atoms with Crippen molar-refractivity contribution in [1.82, 2.24) is 19.9 Å². The van der Waals surface area contributed by atoms with Crippen LogP contribution in [0.5, 0.6) is 0 Å². The Kier molecular flexibility index (Phi) is 6.11. The number of aromatic amines is 1. The summed E-state index contributed by atoms with van der Waals surface area (Å²) in [6.07, 6.45) is 6.50. The zero-order valence-corrected chi connectivity index (χ0v) is 17.4. The summed E-state index contributed by atoms with van der Waals surface area (Å²) in [6, 6.07) is 12.0. The highest BCUT2D eigenvalue weighted by molar-refractivity contribution is 6.36. The molecule has 3 heterocycles. The Balaban J connectivity index is 1.57. The van der Waals surface area contributed by atoms with Crippen molar-refractivity contribution in [2.24, 2.45) is 0 Å². The van der Waals surface area contributed by atoms with Gasteiger partial charge in [-0.15, -0.1) is 0 Å². The molecule has 0 aliphatic rings. The van der Waals surface area contributed by atoms with E-state index in [4.69, 9.17) is 28.2 Å². The Hall–Kier alpha value is -3.49. The van der Waals surface area contributed by atoms with Crippen LogP contribution in [0.3, 0.4) is 0 Å². The first-order valence-corrected chi connectivity index (χ1v) is 9.90. The van der Waals surface area contributed by atoms with E-state index in [1.807, 2.05) is 24.6 Å². The Morgan fingerprint density at radius 2 is 1.94 bits per heavy atom. The van der Waals surface area contributed by atoms with Crippen LogP contribution < -0.4 is 5.32 Å². The first kappa shape index (κ1) is 20.8. The predicted molar refractivity (Wildman–Crippen MR) is 120 cm³/mol. The van der Waals surface area contributed by atoms with Gasteiger partial charge in [0, 0.05) is 53.3 Å². The molecule has 4 aromatic rings. The van der Waals surface area contributed by atoms with Crippen molar-refractivity contribution in [2.75, 3.05) is 11.9 Å². The third-order valence-corrected chi connectivity index (χ3v) is 4.96. The van der Waals surface area contributed by atoms with Crippen molar-refractivity contribution in [3.05, 3.63) is 93.3 Å². The van der Waals surface area contributed by atoms with Gasteiger partial charge in [0.05, 0.1) is 15.6 Å². The number of imidazole rings is 1. The molecule has 4 rings (SSSR count). The number of halogens is 2. The number of anilines is 1. The van der Waals surface area contributed by atoms with Gasteiger partial charge in [0.15, 0.2) is 0 Å². The van der Waals surface area contributed by atoms with Crippen LogP contribution in [0.4, 0.5) is 11.5 Å². The molecule has 0 aliphatic carbocycles. The Bertz CT molecular complexity index is 1210. The molecule has 0 atom stereocenters. The molecule has 0 saturated heterocycles. The quantitative estimate of drug-likeness (QED) is 0.285. The molecule has 0 aliphatic heterocycles. The molecule has 0 spiro atoms. The van der Waals surface area contributed by atoms with E-state index in [1.54, 1.807) is 30.6 Å². The van der Waals surface area contributed by atoms with Crippen LogP contribution in [-0.2, 0) is 0 Å². The van der Waals surface area contributed by atoms with E-state index in [1.165, 1.54) is 12.3 Å². The van der Waals surface area contributed by atoms with Crippen LogP contribution in [0, 0.1) is 16.5 Å². The van der Waals surface area contributed by atoms with Crippen molar-refractivity contribution in [3.8, 4) is 22.6 Å².